The van der Waals surface area contributed by atoms with Gasteiger partial charge in [0.2, 0.25) is 0 Å². The number of nitrogens with zero attached hydrogens (tertiary/aromatic N) is 2. The third kappa shape index (κ3) is 4.52. The monoisotopic (exact) mass is 323 g/mol. The fourth-order valence-corrected chi connectivity index (χ4v) is 2.78. The number of nitrogens with one attached hydrogen (secondary N) is 1. The zero-order valence-electron chi connectivity index (χ0n) is 12.1. The molecule has 0 amide bonds. The number of benzene rings is 1. The Morgan fingerprint density at radius 1 is 1.42 bits per heavy atom. The molecular weight excluding hydrogens is 302 g/mol. The van der Waals surface area contributed by atoms with Gasteiger partial charge in [0.05, 0.1) is 17.7 Å². The van der Waals surface area contributed by atoms with E-state index in [2.05, 4.69) is 64.3 Å². The summed E-state index contributed by atoms with van der Waals surface area (Å²) >= 11 is 3.63. The Balaban J connectivity index is 2.85. The van der Waals surface area contributed by atoms with Crippen LogP contribution in [-0.2, 0) is 0 Å². The smallest absolute Gasteiger partial charge is 0.0671 e. The van der Waals surface area contributed by atoms with Crippen LogP contribution in [0.15, 0.2) is 22.7 Å². The van der Waals surface area contributed by atoms with E-state index in [1.807, 2.05) is 14.0 Å². The summed E-state index contributed by atoms with van der Waals surface area (Å²) in [6.45, 7) is 7.90. The van der Waals surface area contributed by atoms with Crippen LogP contribution in [0.3, 0.4) is 0 Å². The maximum atomic E-state index is 8.88. The van der Waals surface area contributed by atoms with Gasteiger partial charge < -0.3 is 10.2 Å². The van der Waals surface area contributed by atoms with E-state index in [1.54, 1.807) is 0 Å². The first kappa shape index (κ1) is 16.0. The molecule has 1 aromatic rings. The number of halogens is 1. The second-order valence-electron chi connectivity index (χ2n) is 4.90. The highest BCUT2D eigenvalue weighted by atomic mass is 79.9. The standard InChI is InChI=1S/C15H22BrN3/c1-5-18-12(3)13-6-7-15(14(16)8-13)19(4)10-11(2)9-17/h6-8,11-12,18H,5,10H2,1-4H3. The summed E-state index contributed by atoms with van der Waals surface area (Å²) < 4.78 is 1.07. The molecule has 2 unspecified atom stereocenters. The predicted octanol–water partition coefficient (Wildman–Crippen LogP) is 3.72. The molecule has 0 heterocycles. The fourth-order valence-electron chi connectivity index (χ4n) is 2.08. The van der Waals surface area contributed by atoms with E-state index in [-0.39, 0.29) is 5.92 Å². The van der Waals surface area contributed by atoms with Crippen molar-refractivity contribution in [3.8, 4) is 6.07 Å². The maximum absolute atomic E-state index is 8.88. The van der Waals surface area contributed by atoms with Crippen molar-refractivity contribution in [3.05, 3.63) is 28.2 Å². The molecule has 0 saturated carbocycles. The van der Waals surface area contributed by atoms with Crippen LogP contribution in [0, 0.1) is 17.2 Å². The van der Waals surface area contributed by atoms with E-state index < -0.39 is 0 Å². The molecule has 0 radical (unpaired) electrons. The molecule has 1 N–H and O–H groups in total. The number of hydrogen-bond donors (Lipinski definition) is 1. The SMILES string of the molecule is CCNC(C)c1ccc(N(C)CC(C)C#N)c(Br)c1. The molecule has 0 aliphatic rings. The second-order valence-corrected chi connectivity index (χ2v) is 5.76. The van der Waals surface area contributed by atoms with E-state index in [9.17, 15) is 0 Å². The minimum absolute atomic E-state index is 0.0252. The molecule has 0 saturated heterocycles. The summed E-state index contributed by atoms with van der Waals surface area (Å²) in [6, 6.07) is 9.01. The number of hydrogen-bond acceptors (Lipinski definition) is 3. The maximum Gasteiger partial charge on any atom is 0.0671 e. The zero-order chi connectivity index (χ0) is 14.4. The minimum Gasteiger partial charge on any atom is -0.372 e. The Bertz CT molecular complexity index is 453. The summed E-state index contributed by atoms with van der Waals surface area (Å²) in [5.74, 6) is 0.0252. The topological polar surface area (TPSA) is 39.1 Å². The van der Waals surface area contributed by atoms with Crippen LogP contribution in [0.2, 0.25) is 0 Å². The van der Waals surface area contributed by atoms with Crippen LogP contribution in [0.25, 0.3) is 0 Å². The fraction of sp³-hybridized carbons (Fsp3) is 0.533. The number of anilines is 1. The van der Waals surface area contributed by atoms with Gasteiger partial charge in [-0.25, -0.2) is 0 Å². The lowest BCUT2D eigenvalue weighted by atomic mass is 10.1. The van der Waals surface area contributed by atoms with E-state index in [4.69, 9.17) is 5.26 Å². The first-order valence-electron chi connectivity index (χ1n) is 6.63. The molecule has 0 aliphatic heterocycles. The highest BCUT2D eigenvalue weighted by molar-refractivity contribution is 9.10. The van der Waals surface area contributed by atoms with E-state index >= 15 is 0 Å². The summed E-state index contributed by atoms with van der Waals surface area (Å²) in [4.78, 5) is 2.11. The Labute approximate surface area is 124 Å². The van der Waals surface area contributed by atoms with Crippen molar-refractivity contribution in [1.29, 1.82) is 5.26 Å². The molecule has 0 aromatic heterocycles. The Morgan fingerprint density at radius 2 is 2.11 bits per heavy atom. The van der Waals surface area contributed by atoms with E-state index in [0.29, 0.717) is 6.04 Å². The van der Waals surface area contributed by atoms with Crippen LogP contribution < -0.4 is 10.2 Å². The molecule has 0 aliphatic carbocycles. The van der Waals surface area contributed by atoms with Crippen molar-refractivity contribution in [2.24, 2.45) is 5.92 Å². The highest BCUT2D eigenvalue weighted by Gasteiger charge is 2.11. The van der Waals surface area contributed by atoms with Crippen LogP contribution in [0.5, 0.6) is 0 Å². The van der Waals surface area contributed by atoms with Crippen molar-refractivity contribution in [2.45, 2.75) is 26.8 Å². The van der Waals surface area contributed by atoms with E-state index in [1.165, 1.54) is 5.56 Å². The first-order valence-corrected chi connectivity index (χ1v) is 7.42. The lowest BCUT2D eigenvalue weighted by molar-refractivity contribution is 0.598. The second kappa shape index (κ2) is 7.52. The third-order valence-electron chi connectivity index (χ3n) is 3.16. The molecule has 0 spiro atoms. The highest BCUT2D eigenvalue weighted by Crippen LogP contribution is 2.29. The average Bonchev–Trinajstić information content (AvgIpc) is 2.38. The van der Waals surface area contributed by atoms with E-state index in [0.717, 1.165) is 23.2 Å². The summed E-state index contributed by atoms with van der Waals surface area (Å²) in [5, 5.41) is 12.3. The first-order chi connectivity index (χ1) is 8.99. The van der Waals surface area contributed by atoms with Gasteiger partial charge in [0.1, 0.15) is 0 Å². The minimum atomic E-state index is 0.0252. The van der Waals surface area contributed by atoms with Gasteiger partial charge in [0.25, 0.3) is 0 Å². The largest absolute Gasteiger partial charge is 0.372 e. The molecule has 4 heteroatoms. The average molecular weight is 324 g/mol. The molecule has 0 fully saturated rings. The molecule has 104 valence electrons. The third-order valence-corrected chi connectivity index (χ3v) is 3.80. The Kier molecular flexibility index (Phi) is 6.33. The van der Waals surface area contributed by atoms with Crippen molar-refractivity contribution in [1.82, 2.24) is 5.32 Å². The Morgan fingerprint density at radius 3 is 2.63 bits per heavy atom. The molecule has 19 heavy (non-hydrogen) atoms. The van der Waals surface area contributed by atoms with Gasteiger partial charge in [-0.2, -0.15) is 5.26 Å². The summed E-state index contributed by atoms with van der Waals surface area (Å²) in [6.07, 6.45) is 0. The van der Waals surface area contributed by atoms with Gasteiger partial charge in [-0.05, 0) is 54.0 Å². The molecule has 2 atom stereocenters. The van der Waals surface area contributed by atoms with Crippen molar-refractivity contribution < 1.29 is 0 Å². The summed E-state index contributed by atoms with van der Waals surface area (Å²) in [5.41, 5.74) is 2.38. The lowest BCUT2D eigenvalue weighted by Crippen LogP contribution is -2.24. The normalized spacial score (nSPS) is 13.7. The van der Waals surface area contributed by atoms with Crippen LogP contribution >= 0.6 is 15.9 Å². The van der Waals surface area contributed by atoms with Crippen molar-refractivity contribution in [3.63, 3.8) is 0 Å². The van der Waals surface area contributed by atoms with Gasteiger partial charge in [-0.15, -0.1) is 0 Å². The van der Waals surface area contributed by atoms with Gasteiger partial charge in [-0.3, -0.25) is 0 Å². The van der Waals surface area contributed by atoms with Crippen molar-refractivity contribution >= 4 is 21.6 Å². The van der Waals surface area contributed by atoms with Gasteiger partial charge in [0.15, 0.2) is 0 Å². The lowest BCUT2D eigenvalue weighted by Gasteiger charge is -2.23. The number of nitriles is 1. The van der Waals surface area contributed by atoms with Crippen molar-refractivity contribution in [2.75, 3.05) is 25.0 Å². The van der Waals surface area contributed by atoms with Gasteiger partial charge >= 0.3 is 0 Å². The molecule has 0 bridgehead atoms. The zero-order valence-corrected chi connectivity index (χ0v) is 13.7. The predicted molar refractivity (Wildman–Crippen MR) is 84.3 cm³/mol. The van der Waals surface area contributed by atoms with Crippen LogP contribution in [0.4, 0.5) is 5.69 Å². The van der Waals surface area contributed by atoms with Gasteiger partial charge in [-0.1, -0.05) is 13.0 Å². The molecular formula is C15H22BrN3. The molecule has 1 rings (SSSR count). The summed E-state index contributed by atoms with van der Waals surface area (Å²) in [7, 11) is 2.02. The van der Waals surface area contributed by atoms with Crippen LogP contribution in [0.1, 0.15) is 32.4 Å². The van der Waals surface area contributed by atoms with Crippen LogP contribution in [-0.4, -0.2) is 20.1 Å². The van der Waals surface area contributed by atoms with Gasteiger partial charge in [0, 0.05) is 24.1 Å². The quantitative estimate of drug-likeness (QED) is 0.867. The Hall–Kier alpha value is -1.05. The molecule has 1 aromatic carbocycles. The molecule has 3 nitrogen and oxygen atoms in total. The number of rotatable bonds is 6.